The summed E-state index contributed by atoms with van der Waals surface area (Å²) in [5.41, 5.74) is 1.29. The molecule has 2 aromatic carbocycles. The van der Waals surface area contributed by atoms with E-state index < -0.39 is 5.82 Å². The monoisotopic (exact) mass is 450 g/mol. The van der Waals surface area contributed by atoms with Gasteiger partial charge in [-0.2, -0.15) is 0 Å². The highest BCUT2D eigenvalue weighted by Gasteiger charge is 2.20. The van der Waals surface area contributed by atoms with Crippen molar-refractivity contribution in [2.45, 2.75) is 51.2 Å². The van der Waals surface area contributed by atoms with Crippen LogP contribution < -0.4 is 10.1 Å². The number of anilines is 1. The van der Waals surface area contributed by atoms with Gasteiger partial charge >= 0.3 is 0 Å². The predicted octanol–water partition coefficient (Wildman–Crippen LogP) is 4.62. The van der Waals surface area contributed by atoms with Crippen LogP contribution in [-0.4, -0.2) is 40.0 Å². The number of carbonyl (C=O) groups excluding carboxylic acids is 1. The van der Waals surface area contributed by atoms with Crippen molar-refractivity contribution in [1.29, 1.82) is 0 Å². The van der Waals surface area contributed by atoms with Crippen LogP contribution >= 0.6 is 0 Å². The average molecular weight is 451 g/mol. The van der Waals surface area contributed by atoms with Gasteiger partial charge in [0, 0.05) is 30.8 Å². The van der Waals surface area contributed by atoms with Gasteiger partial charge in [-0.25, -0.2) is 4.39 Å². The fraction of sp³-hybridized carbons (Fsp3) is 0.400. The molecule has 2 aliphatic rings. The summed E-state index contributed by atoms with van der Waals surface area (Å²) in [6, 6.07) is 11.5. The number of aromatic nitrogens is 3. The summed E-state index contributed by atoms with van der Waals surface area (Å²) >= 11 is 0. The van der Waals surface area contributed by atoms with E-state index in [0.717, 1.165) is 57.5 Å². The SMILES string of the molecule is O=C(Nc1ccc(F)c(-c2nnc3n2CCCCC3)c1)c1cccc(OCC2CCCO2)c1. The Morgan fingerprint density at radius 1 is 1.15 bits per heavy atom. The fourth-order valence-corrected chi connectivity index (χ4v) is 4.35. The van der Waals surface area contributed by atoms with Gasteiger partial charge in [-0.1, -0.05) is 12.5 Å². The zero-order valence-electron chi connectivity index (χ0n) is 18.4. The third kappa shape index (κ3) is 4.90. The van der Waals surface area contributed by atoms with Crippen molar-refractivity contribution >= 4 is 11.6 Å². The molecule has 0 spiro atoms. The van der Waals surface area contributed by atoms with Gasteiger partial charge in [-0.15, -0.1) is 10.2 Å². The van der Waals surface area contributed by atoms with Crippen LogP contribution in [0, 0.1) is 5.82 Å². The molecule has 0 aliphatic carbocycles. The Morgan fingerprint density at radius 2 is 2.09 bits per heavy atom. The zero-order chi connectivity index (χ0) is 22.6. The number of halogens is 1. The predicted molar refractivity (Wildman–Crippen MR) is 122 cm³/mol. The summed E-state index contributed by atoms with van der Waals surface area (Å²) in [6.45, 7) is 2.01. The molecule has 0 radical (unpaired) electrons. The van der Waals surface area contributed by atoms with Crippen molar-refractivity contribution in [1.82, 2.24) is 14.8 Å². The lowest BCUT2D eigenvalue weighted by Gasteiger charge is -2.13. The quantitative estimate of drug-likeness (QED) is 0.593. The number of aryl methyl sites for hydroxylation is 1. The lowest BCUT2D eigenvalue weighted by Crippen LogP contribution is -2.17. The highest BCUT2D eigenvalue weighted by molar-refractivity contribution is 6.04. The Bertz CT molecular complexity index is 1140. The second-order valence-electron chi connectivity index (χ2n) is 8.52. The maximum absolute atomic E-state index is 14.7. The molecule has 1 aromatic heterocycles. The maximum Gasteiger partial charge on any atom is 0.255 e. The molecule has 5 rings (SSSR count). The normalized spacial score (nSPS) is 17.9. The van der Waals surface area contributed by atoms with E-state index in [9.17, 15) is 9.18 Å². The van der Waals surface area contributed by atoms with Crippen LogP contribution in [0.2, 0.25) is 0 Å². The second-order valence-corrected chi connectivity index (χ2v) is 8.52. The van der Waals surface area contributed by atoms with E-state index in [2.05, 4.69) is 15.5 Å². The van der Waals surface area contributed by atoms with Crippen LogP contribution in [0.25, 0.3) is 11.4 Å². The second kappa shape index (κ2) is 9.70. The minimum absolute atomic E-state index is 0.104. The van der Waals surface area contributed by atoms with Crippen molar-refractivity contribution in [3.63, 3.8) is 0 Å². The molecule has 3 aromatic rings. The van der Waals surface area contributed by atoms with E-state index in [1.165, 1.54) is 6.07 Å². The lowest BCUT2D eigenvalue weighted by atomic mass is 10.1. The molecule has 7 nitrogen and oxygen atoms in total. The number of benzene rings is 2. The van der Waals surface area contributed by atoms with E-state index in [1.54, 1.807) is 30.3 Å². The largest absolute Gasteiger partial charge is 0.491 e. The molecule has 1 unspecified atom stereocenters. The molecule has 1 atom stereocenters. The van der Waals surface area contributed by atoms with Gasteiger partial charge in [0.2, 0.25) is 0 Å². The molecule has 33 heavy (non-hydrogen) atoms. The smallest absolute Gasteiger partial charge is 0.255 e. The number of ether oxygens (including phenoxy) is 2. The van der Waals surface area contributed by atoms with Gasteiger partial charge in [-0.3, -0.25) is 4.79 Å². The Balaban J connectivity index is 1.31. The number of amides is 1. The standard InChI is InChI=1S/C25H27FN4O3/c26-22-11-10-18(15-21(22)24-29-28-23-9-2-1-3-12-30(23)24)27-25(31)17-6-4-7-19(14-17)33-16-20-8-5-13-32-20/h4,6-7,10-11,14-15,20H,1-3,5,8-9,12-13,16H2,(H,27,31). The van der Waals surface area contributed by atoms with E-state index in [-0.39, 0.29) is 12.0 Å². The summed E-state index contributed by atoms with van der Waals surface area (Å²) in [5.74, 6) is 1.32. The van der Waals surface area contributed by atoms with E-state index in [1.807, 2.05) is 10.6 Å². The minimum atomic E-state index is -0.392. The molecular formula is C25H27FN4O3. The van der Waals surface area contributed by atoms with E-state index in [4.69, 9.17) is 9.47 Å². The molecule has 8 heteroatoms. The first-order valence-corrected chi connectivity index (χ1v) is 11.6. The molecule has 1 fully saturated rings. The van der Waals surface area contributed by atoms with Crippen molar-refractivity contribution in [3.8, 4) is 17.1 Å². The van der Waals surface area contributed by atoms with E-state index in [0.29, 0.717) is 35.0 Å². The first-order valence-electron chi connectivity index (χ1n) is 11.6. The van der Waals surface area contributed by atoms with Crippen molar-refractivity contribution in [3.05, 3.63) is 59.7 Å². The number of hydrogen-bond acceptors (Lipinski definition) is 5. The molecule has 2 aliphatic heterocycles. The van der Waals surface area contributed by atoms with Gasteiger partial charge in [0.15, 0.2) is 5.82 Å². The summed E-state index contributed by atoms with van der Waals surface area (Å²) in [5, 5.41) is 11.4. The summed E-state index contributed by atoms with van der Waals surface area (Å²) in [7, 11) is 0. The van der Waals surface area contributed by atoms with Gasteiger partial charge in [0.1, 0.15) is 24.0 Å². The average Bonchev–Trinajstić information content (AvgIpc) is 3.44. The van der Waals surface area contributed by atoms with Crippen molar-refractivity contribution in [2.75, 3.05) is 18.5 Å². The molecule has 0 saturated carbocycles. The molecule has 1 saturated heterocycles. The number of hydrogen-bond donors (Lipinski definition) is 1. The highest BCUT2D eigenvalue weighted by atomic mass is 19.1. The van der Waals surface area contributed by atoms with Crippen LogP contribution in [0.5, 0.6) is 5.75 Å². The maximum atomic E-state index is 14.7. The van der Waals surface area contributed by atoms with Crippen LogP contribution in [-0.2, 0) is 17.7 Å². The number of rotatable bonds is 6. The topological polar surface area (TPSA) is 78.3 Å². The number of carbonyl (C=O) groups is 1. The summed E-state index contributed by atoms with van der Waals surface area (Å²) < 4.78 is 28.1. The Labute approximate surface area is 191 Å². The third-order valence-corrected chi connectivity index (χ3v) is 6.13. The van der Waals surface area contributed by atoms with Gasteiger partial charge in [0.05, 0.1) is 11.7 Å². The van der Waals surface area contributed by atoms with Crippen molar-refractivity contribution < 1.29 is 18.7 Å². The molecule has 0 bridgehead atoms. The number of nitrogens with zero attached hydrogens (tertiary/aromatic N) is 3. The fourth-order valence-electron chi connectivity index (χ4n) is 4.35. The van der Waals surface area contributed by atoms with Crippen LogP contribution in [0.1, 0.15) is 48.3 Å². The minimum Gasteiger partial charge on any atom is -0.491 e. The van der Waals surface area contributed by atoms with Crippen LogP contribution in [0.15, 0.2) is 42.5 Å². The number of nitrogens with one attached hydrogen (secondary N) is 1. The highest BCUT2D eigenvalue weighted by Crippen LogP contribution is 2.28. The Kier molecular flexibility index (Phi) is 6.35. The van der Waals surface area contributed by atoms with E-state index >= 15 is 0 Å². The molecule has 3 heterocycles. The lowest BCUT2D eigenvalue weighted by molar-refractivity contribution is 0.0679. The third-order valence-electron chi connectivity index (χ3n) is 6.13. The summed E-state index contributed by atoms with van der Waals surface area (Å²) in [6.07, 6.45) is 6.19. The first kappa shape index (κ1) is 21.6. The molecular weight excluding hydrogens is 423 g/mol. The van der Waals surface area contributed by atoms with Gasteiger partial charge < -0.3 is 19.4 Å². The van der Waals surface area contributed by atoms with Crippen LogP contribution in [0.3, 0.4) is 0 Å². The molecule has 1 N–H and O–H groups in total. The number of fused-ring (bicyclic) bond motifs is 1. The van der Waals surface area contributed by atoms with Gasteiger partial charge in [-0.05, 0) is 62.1 Å². The summed E-state index contributed by atoms with van der Waals surface area (Å²) in [4.78, 5) is 12.9. The Hall–Kier alpha value is -3.26. The molecule has 1 amide bonds. The first-order chi connectivity index (χ1) is 16.2. The zero-order valence-corrected chi connectivity index (χ0v) is 18.4. The molecule has 172 valence electrons. The van der Waals surface area contributed by atoms with Crippen LogP contribution in [0.4, 0.5) is 10.1 Å². The van der Waals surface area contributed by atoms with Gasteiger partial charge in [0.25, 0.3) is 5.91 Å². The Morgan fingerprint density at radius 3 is 2.97 bits per heavy atom. The van der Waals surface area contributed by atoms with Crippen molar-refractivity contribution in [2.24, 2.45) is 0 Å².